The van der Waals surface area contributed by atoms with Gasteiger partial charge in [-0.15, -0.1) is 0 Å². The molecular formula is C7H13N3O2S. The third-order valence-corrected chi connectivity index (χ3v) is 2.36. The van der Waals surface area contributed by atoms with Crippen molar-refractivity contribution in [1.29, 1.82) is 0 Å². The summed E-state index contributed by atoms with van der Waals surface area (Å²) in [5, 5.41) is 10.9. The van der Waals surface area contributed by atoms with Gasteiger partial charge in [-0.2, -0.15) is 0 Å². The molecule has 6 heteroatoms. The second-order valence-corrected chi connectivity index (χ2v) is 3.41. The summed E-state index contributed by atoms with van der Waals surface area (Å²) in [5.41, 5.74) is 0. The lowest BCUT2D eigenvalue weighted by Crippen LogP contribution is -2.51. The average Bonchev–Trinajstić information content (AvgIpc) is 2.04. The van der Waals surface area contributed by atoms with Crippen LogP contribution in [0.3, 0.4) is 0 Å². The van der Waals surface area contributed by atoms with Gasteiger partial charge in [0.2, 0.25) is 0 Å². The van der Waals surface area contributed by atoms with Crippen molar-refractivity contribution in [1.82, 2.24) is 15.1 Å². The quantitative estimate of drug-likeness (QED) is 0.533. The highest BCUT2D eigenvalue weighted by Crippen LogP contribution is 1.99. The molecule has 1 aliphatic heterocycles. The van der Waals surface area contributed by atoms with Gasteiger partial charge in [-0.1, -0.05) is 0 Å². The van der Waals surface area contributed by atoms with E-state index in [4.69, 9.17) is 17.3 Å². The minimum Gasteiger partial charge on any atom is -0.465 e. The number of amides is 1. The monoisotopic (exact) mass is 203 g/mol. The minimum absolute atomic E-state index is 0.306. The van der Waals surface area contributed by atoms with Gasteiger partial charge in [0, 0.05) is 26.2 Å². The third kappa shape index (κ3) is 3.16. The summed E-state index contributed by atoms with van der Waals surface area (Å²) >= 11 is 4.90. The SMILES string of the molecule is CN1CCN(C(=S)NC(=O)O)CC1. The number of nitrogens with one attached hydrogen (secondary N) is 1. The smallest absolute Gasteiger partial charge is 0.410 e. The van der Waals surface area contributed by atoms with Crippen molar-refractivity contribution in [2.24, 2.45) is 0 Å². The summed E-state index contributed by atoms with van der Waals surface area (Å²) in [6.07, 6.45) is -1.09. The molecule has 1 aliphatic rings. The zero-order valence-corrected chi connectivity index (χ0v) is 8.30. The van der Waals surface area contributed by atoms with Crippen LogP contribution in [0.2, 0.25) is 0 Å². The molecular weight excluding hydrogens is 190 g/mol. The number of nitrogens with zero attached hydrogens (tertiary/aromatic N) is 2. The van der Waals surface area contributed by atoms with E-state index in [1.165, 1.54) is 0 Å². The van der Waals surface area contributed by atoms with Gasteiger partial charge in [0.05, 0.1) is 0 Å². The second kappa shape index (κ2) is 4.38. The number of hydrogen-bond donors (Lipinski definition) is 2. The predicted molar refractivity (Wildman–Crippen MR) is 52.8 cm³/mol. The number of likely N-dealkylation sites (N-methyl/N-ethyl adjacent to an activating group) is 1. The van der Waals surface area contributed by atoms with Crippen molar-refractivity contribution >= 4 is 23.4 Å². The molecule has 0 aliphatic carbocycles. The summed E-state index contributed by atoms with van der Waals surface area (Å²) in [6, 6.07) is 0. The number of piperazine rings is 1. The van der Waals surface area contributed by atoms with Crippen LogP contribution in [-0.2, 0) is 0 Å². The Balaban J connectivity index is 2.36. The van der Waals surface area contributed by atoms with Crippen molar-refractivity contribution < 1.29 is 9.90 Å². The maximum atomic E-state index is 10.3. The second-order valence-electron chi connectivity index (χ2n) is 3.03. The molecule has 1 amide bonds. The maximum absolute atomic E-state index is 10.3. The molecule has 13 heavy (non-hydrogen) atoms. The first kappa shape index (κ1) is 10.2. The highest BCUT2D eigenvalue weighted by Gasteiger charge is 2.16. The molecule has 0 aromatic heterocycles. The van der Waals surface area contributed by atoms with Gasteiger partial charge >= 0.3 is 6.09 Å². The molecule has 0 radical (unpaired) electrons. The van der Waals surface area contributed by atoms with Crippen molar-refractivity contribution in [3.63, 3.8) is 0 Å². The molecule has 5 nitrogen and oxygen atoms in total. The predicted octanol–water partition coefficient (Wildman–Crippen LogP) is -0.214. The van der Waals surface area contributed by atoms with Crippen molar-refractivity contribution in [3.05, 3.63) is 0 Å². The number of carboxylic acid groups (broad SMARTS) is 1. The molecule has 1 rings (SSSR count). The first-order chi connectivity index (χ1) is 6.09. The van der Waals surface area contributed by atoms with Crippen LogP contribution in [0.15, 0.2) is 0 Å². The molecule has 0 spiro atoms. The fourth-order valence-electron chi connectivity index (χ4n) is 1.18. The Bertz CT molecular complexity index is 214. The average molecular weight is 203 g/mol. The van der Waals surface area contributed by atoms with E-state index in [1.54, 1.807) is 0 Å². The van der Waals surface area contributed by atoms with Gasteiger partial charge < -0.3 is 14.9 Å². The van der Waals surface area contributed by atoms with Crippen LogP contribution in [0, 0.1) is 0 Å². The number of thiocarbonyl (C=S) groups is 1. The lowest BCUT2D eigenvalue weighted by atomic mass is 10.3. The van der Waals surface area contributed by atoms with Crippen molar-refractivity contribution in [3.8, 4) is 0 Å². The molecule has 74 valence electrons. The normalized spacial score (nSPS) is 18.4. The van der Waals surface area contributed by atoms with Gasteiger partial charge in [0.25, 0.3) is 0 Å². The summed E-state index contributed by atoms with van der Waals surface area (Å²) in [7, 11) is 2.03. The fourth-order valence-corrected chi connectivity index (χ4v) is 1.45. The lowest BCUT2D eigenvalue weighted by molar-refractivity contribution is 0.193. The molecule has 0 atom stereocenters. The summed E-state index contributed by atoms with van der Waals surface area (Å²) in [6.45, 7) is 3.41. The number of rotatable bonds is 0. The fraction of sp³-hybridized carbons (Fsp3) is 0.714. The van der Waals surface area contributed by atoms with Crippen molar-refractivity contribution in [2.75, 3.05) is 33.2 Å². The molecule has 1 saturated heterocycles. The zero-order valence-electron chi connectivity index (χ0n) is 7.49. The maximum Gasteiger partial charge on any atom is 0.410 e. The Morgan fingerprint density at radius 1 is 1.38 bits per heavy atom. The number of hydrogen-bond acceptors (Lipinski definition) is 3. The highest BCUT2D eigenvalue weighted by atomic mass is 32.1. The first-order valence-corrected chi connectivity index (χ1v) is 4.48. The highest BCUT2D eigenvalue weighted by molar-refractivity contribution is 7.80. The van der Waals surface area contributed by atoms with E-state index in [0.717, 1.165) is 26.2 Å². The summed E-state index contributed by atoms with van der Waals surface area (Å²) < 4.78 is 0. The summed E-state index contributed by atoms with van der Waals surface area (Å²) in [5.74, 6) is 0. The van der Waals surface area contributed by atoms with E-state index in [1.807, 2.05) is 11.9 Å². The third-order valence-electron chi connectivity index (χ3n) is 2.00. The molecule has 1 fully saturated rings. The minimum atomic E-state index is -1.09. The Morgan fingerprint density at radius 2 is 1.92 bits per heavy atom. The van der Waals surface area contributed by atoms with Crippen LogP contribution in [0.25, 0.3) is 0 Å². The molecule has 2 N–H and O–H groups in total. The lowest BCUT2D eigenvalue weighted by Gasteiger charge is -2.33. The zero-order chi connectivity index (χ0) is 9.84. The van der Waals surface area contributed by atoms with Crippen LogP contribution in [0.4, 0.5) is 4.79 Å². The van der Waals surface area contributed by atoms with Crippen LogP contribution in [0.1, 0.15) is 0 Å². The Morgan fingerprint density at radius 3 is 2.38 bits per heavy atom. The van der Waals surface area contributed by atoms with Gasteiger partial charge in [0.15, 0.2) is 5.11 Å². The molecule has 1 heterocycles. The van der Waals surface area contributed by atoms with Crippen LogP contribution in [-0.4, -0.2) is 59.3 Å². The Hall–Kier alpha value is -0.880. The van der Waals surface area contributed by atoms with E-state index < -0.39 is 6.09 Å². The van der Waals surface area contributed by atoms with Crippen LogP contribution < -0.4 is 5.32 Å². The largest absolute Gasteiger partial charge is 0.465 e. The van der Waals surface area contributed by atoms with E-state index in [-0.39, 0.29) is 0 Å². The van der Waals surface area contributed by atoms with Gasteiger partial charge in [-0.3, -0.25) is 5.32 Å². The van der Waals surface area contributed by atoms with E-state index >= 15 is 0 Å². The van der Waals surface area contributed by atoms with Gasteiger partial charge in [-0.05, 0) is 19.3 Å². The Kier molecular flexibility index (Phi) is 3.44. The van der Waals surface area contributed by atoms with Crippen LogP contribution in [0.5, 0.6) is 0 Å². The summed E-state index contributed by atoms with van der Waals surface area (Å²) in [4.78, 5) is 14.3. The van der Waals surface area contributed by atoms with E-state index in [0.29, 0.717) is 5.11 Å². The molecule has 0 aromatic carbocycles. The Labute approximate surface area is 82.3 Å². The van der Waals surface area contributed by atoms with Gasteiger partial charge in [-0.25, -0.2) is 4.79 Å². The topological polar surface area (TPSA) is 55.8 Å². The molecule has 0 aromatic rings. The van der Waals surface area contributed by atoms with E-state index in [2.05, 4.69) is 10.2 Å². The van der Waals surface area contributed by atoms with Gasteiger partial charge in [0.1, 0.15) is 0 Å². The molecule has 0 bridgehead atoms. The van der Waals surface area contributed by atoms with Crippen molar-refractivity contribution in [2.45, 2.75) is 0 Å². The molecule has 0 saturated carbocycles. The number of carbonyl (C=O) groups is 1. The molecule has 0 unspecified atom stereocenters. The van der Waals surface area contributed by atoms with E-state index in [9.17, 15) is 4.79 Å². The standard InChI is InChI=1S/C7H13N3O2S/c1-9-2-4-10(5-3-9)6(13)8-7(11)12/h2-5H2,1H3,(H,8,13)(H,11,12). The van der Waals surface area contributed by atoms with Crippen LogP contribution >= 0.6 is 12.2 Å². The first-order valence-electron chi connectivity index (χ1n) is 4.07.